The molecular weight excluding hydrogens is 313 g/mol. The molecule has 118 valence electrons. The van der Waals surface area contributed by atoms with E-state index in [1.165, 1.54) is 19.2 Å². The molecule has 1 aromatic carbocycles. The Bertz CT molecular complexity index is 790. The lowest BCUT2D eigenvalue weighted by Gasteiger charge is -2.12. The molecule has 0 aliphatic carbocycles. The van der Waals surface area contributed by atoms with Crippen molar-refractivity contribution in [1.29, 1.82) is 0 Å². The number of benzene rings is 1. The number of likely N-dealkylation sites (N-methyl/N-ethyl adjacent to an activating group) is 1. The zero-order valence-corrected chi connectivity index (χ0v) is 12.7. The van der Waals surface area contributed by atoms with E-state index in [2.05, 4.69) is 20.5 Å². The number of nitrogens with zero attached hydrogens (tertiary/aromatic N) is 3. The standard InChI is InChI=1S/C12H14FN5O3S/c1-18(22(2,20)21)7-10(19)14-12-15-11(16-17-12)8-5-3-4-6-9(8)13/h3-6H,7H2,1-2H3,(H2,14,15,16,17,19). The number of carbonyl (C=O) groups excluding carboxylic acids is 1. The van der Waals surface area contributed by atoms with Crippen LogP contribution in [-0.2, 0) is 14.8 Å². The molecule has 1 aromatic heterocycles. The number of anilines is 1. The summed E-state index contributed by atoms with van der Waals surface area (Å²) < 4.78 is 36.9. The molecule has 1 amide bonds. The fraction of sp³-hybridized carbons (Fsp3) is 0.250. The first-order valence-electron chi connectivity index (χ1n) is 6.16. The van der Waals surface area contributed by atoms with Crippen LogP contribution in [0.2, 0.25) is 0 Å². The number of halogens is 1. The number of carbonyl (C=O) groups is 1. The van der Waals surface area contributed by atoms with Crippen molar-refractivity contribution in [1.82, 2.24) is 19.5 Å². The fourth-order valence-corrected chi connectivity index (χ4v) is 1.93. The lowest BCUT2D eigenvalue weighted by atomic mass is 10.2. The molecule has 1 heterocycles. The summed E-state index contributed by atoms with van der Waals surface area (Å²) >= 11 is 0. The van der Waals surface area contributed by atoms with Crippen LogP contribution in [0.3, 0.4) is 0 Å². The van der Waals surface area contributed by atoms with Crippen molar-refractivity contribution in [3.05, 3.63) is 30.1 Å². The van der Waals surface area contributed by atoms with Crippen molar-refractivity contribution in [2.45, 2.75) is 0 Å². The van der Waals surface area contributed by atoms with Gasteiger partial charge in [-0.15, -0.1) is 5.10 Å². The summed E-state index contributed by atoms with van der Waals surface area (Å²) in [4.78, 5) is 15.6. The second kappa shape index (κ2) is 6.20. The molecule has 0 aliphatic rings. The normalized spacial score (nSPS) is 11.6. The number of hydrogen-bond acceptors (Lipinski definition) is 5. The maximum Gasteiger partial charge on any atom is 0.249 e. The molecule has 0 saturated heterocycles. The SMILES string of the molecule is CN(CC(=O)Nc1n[nH]c(-c2ccccc2F)n1)S(C)(=O)=O. The number of amides is 1. The molecular formula is C12H14FN5O3S. The van der Waals surface area contributed by atoms with E-state index in [4.69, 9.17) is 0 Å². The Morgan fingerprint density at radius 1 is 1.41 bits per heavy atom. The third-order valence-electron chi connectivity index (χ3n) is 2.80. The Hall–Kier alpha value is -2.33. The van der Waals surface area contributed by atoms with Gasteiger partial charge in [0, 0.05) is 7.05 Å². The van der Waals surface area contributed by atoms with Crippen LogP contribution < -0.4 is 5.32 Å². The summed E-state index contributed by atoms with van der Waals surface area (Å²) in [6.07, 6.45) is 0.989. The molecule has 0 bridgehead atoms. The summed E-state index contributed by atoms with van der Waals surface area (Å²) in [6.45, 7) is -0.373. The van der Waals surface area contributed by atoms with Crippen LogP contribution in [0.25, 0.3) is 11.4 Å². The molecule has 0 atom stereocenters. The zero-order valence-electron chi connectivity index (χ0n) is 11.9. The fourth-order valence-electron chi connectivity index (χ4n) is 1.58. The number of hydrogen-bond donors (Lipinski definition) is 2. The first kappa shape index (κ1) is 16.0. The first-order chi connectivity index (χ1) is 10.3. The molecule has 8 nitrogen and oxygen atoms in total. The summed E-state index contributed by atoms with van der Waals surface area (Å²) in [6, 6.07) is 5.97. The maximum atomic E-state index is 13.6. The van der Waals surface area contributed by atoms with Crippen LogP contribution in [0, 0.1) is 5.82 Å². The van der Waals surface area contributed by atoms with Crippen molar-refractivity contribution >= 4 is 21.9 Å². The van der Waals surface area contributed by atoms with Crippen LogP contribution in [0.15, 0.2) is 24.3 Å². The average molecular weight is 327 g/mol. The maximum absolute atomic E-state index is 13.6. The molecule has 2 N–H and O–H groups in total. The highest BCUT2D eigenvalue weighted by molar-refractivity contribution is 7.88. The molecule has 10 heteroatoms. The minimum absolute atomic E-state index is 0.0647. The van der Waals surface area contributed by atoms with E-state index in [0.29, 0.717) is 0 Å². The third kappa shape index (κ3) is 3.86. The number of aromatic amines is 1. The third-order valence-corrected chi connectivity index (χ3v) is 4.06. The van der Waals surface area contributed by atoms with Gasteiger partial charge in [0.2, 0.25) is 21.9 Å². The molecule has 2 aromatic rings. The van der Waals surface area contributed by atoms with Crippen molar-refractivity contribution in [3.63, 3.8) is 0 Å². The van der Waals surface area contributed by atoms with Gasteiger partial charge in [-0.2, -0.15) is 9.29 Å². The monoisotopic (exact) mass is 327 g/mol. The number of nitrogens with one attached hydrogen (secondary N) is 2. The second-order valence-electron chi connectivity index (χ2n) is 4.55. The predicted molar refractivity (Wildman–Crippen MR) is 77.9 cm³/mol. The number of H-pyrrole nitrogens is 1. The van der Waals surface area contributed by atoms with Crippen LogP contribution in [0.4, 0.5) is 10.3 Å². The predicted octanol–water partition coefficient (Wildman–Crippen LogP) is 0.441. The van der Waals surface area contributed by atoms with E-state index < -0.39 is 21.7 Å². The molecule has 0 fully saturated rings. The Kier molecular flexibility index (Phi) is 4.52. The number of aromatic nitrogens is 3. The van der Waals surface area contributed by atoms with Gasteiger partial charge >= 0.3 is 0 Å². The highest BCUT2D eigenvalue weighted by Crippen LogP contribution is 2.19. The van der Waals surface area contributed by atoms with Crippen molar-refractivity contribution in [3.8, 4) is 11.4 Å². The summed E-state index contributed by atoms with van der Waals surface area (Å²) in [5, 5.41) is 8.58. The zero-order chi connectivity index (χ0) is 16.3. The smallest absolute Gasteiger partial charge is 0.249 e. The number of sulfonamides is 1. The lowest BCUT2D eigenvalue weighted by molar-refractivity contribution is -0.116. The van der Waals surface area contributed by atoms with E-state index in [0.717, 1.165) is 10.6 Å². The summed E-state index contributed by atoms with van der Waals surface area (Å²) in [5.74, 6) is -0.990. The van der Waals surface area contributed by atoms with E-state index >= 15 is 0 Å². The highest BCUT2D eigenvalue weighted by Gasteiger charge is 2.17. The largest absolute Gasteiger partial charge is 0.292 e. The van der Waals surface area contributed by atoms with Gasteiger partial charge < -0.3 is 0 Å². The van der Waals surface area contributed by atoms with Gasteiger partial charge in [0.15, 0.2) is 5.82 Å². The second-order valence-corrected chi connectivity index (χ2v) is 6.64. The van der Waals surface area contributed by atoms with Crippen molar-refractivity contribution in [2.75, 3.05) is 25.2 Å². The molecule has 2 rings (SSSR count). The van der Waals surface area contributed by atoms with Gasteiger partial charge in [-0.05, 0) is 12.1 Å². The molecule has 0 aliphatic heterocycles. The van der Waals surface area contributed by atoms with Gasteiger partial charge in [-0.25, -0.2) is 12.8 Å². The minimum Gasteiger partial charge on any atom is -0.292 e. The molecule has 0 spiro atoms. The van der Waals surface area contributed by atoms with Gasteiger partial charge in [-0.3, -0.25) is 15.2 Å². The van der Waals surface area contributed by atoms with Crippen molar-refractivity contribution < 1.29 is 17.6 Å². The Labute approximate surface area is 126 Å². The Morgan fingerprint density at radius 2 is 2.09 bits per heavy atom. The molecule has 0 saturated carbocycles. The highest BCUT2D eigenvalue weighted by atomic mass is 32.2. The Balaban J connectivity index is 2.07. The van der Waals surface area contributed by atoms with E-state index in [1.54, 1.807) is 12.1 Å². The summed E-state index contributed by atoms with van der Waals surface area (Å²) in [5.41, 5.74) is 0.212. The topological polar surface area (TPSA) is 108 Å². The van der Waals surface area contributed by atoms with Gasteiger partial charge in [0.05, 0.1) is 18.4 Å². The lowest BCUT2D eigenvalue weighted by Crippen LogP contribution is -2.34. The Morgan fingerprint density at radius 3 is 2.73 bits per heavy atom. The molecule has 22 heavy (non-hydrogen) atoms. The van der Waals surface area contributed by atoms with Crippen LogP contribution in [-0.4, -0.2) is 53.7 Å². The van der Waals surface area contributed by atoms with Crippen LogP contribution in [0.5, 0.6) is 0 Å². The first-order valence-corrected chi connectivity index (χ1v) is 8.00. The van der Waals surface area contributed by atoms with E-state index in [1.807, 2.05) is 0 Å². The van der Waals surface area contributed by atoms with Gasteiger partial charge in [0.25, 0.3) is 0 Å². The summed E-state index contributed by atoms with van der Waals surface area (Å²) in [7, 11) is -2.18. The molecule has 0 unspecified atom stereocenters. The quantitative estimate of drug-likeness (QED) is 0.828. The van der Waals surface area contributed by atoms with Gasteiger partial charge in [0.1, 0.15) is 5.82 Å². The van der Waals surface area contributed by atoms with Gasteiger partial charge in [-0.1, -0.05) is 12.1 Å². The minimum atomic E-state index is -3.46. The van der Waals surface area contributed by atoms with Crippen LogP contribution >= 0.6 is 0 Å². The van der Waals surface area contributed by atoms with Crippen molar-refractivity contribution in [2.24, 2.45) is 0 Å². The van der Waals surface area contributed by atoms with E-state index in [9.17, 15) is 17.6 Å². The van der Waals surface area contributed by atoms with Crippen LogP contribution in [0.1, 0.15) is 0 Å². The molecule has 0 radical (unpaired) electrons. The van der Waals surface area contributed by atoms with E-state index in [-0.39, 0.29) is 23.9 Å². The number of rotatable bonds is 5. The average Bonchev–Trinajstić information content (AvgIpc) is 2.86.